The Balaban J connectivity index is 4.74. The van der Waals surface area contributed by atoms with Gasteiger partial charge >= 0.3 is 12.1 Å². The summed E-state index contributed by atoms with van der Waals surface area (Å²) in [6.07, 6.45) is -0.500. The van der Waals surface area contributed by atoms with E-state index in [1.807, 2.05) is 0 Å². The van der Waals surface area contributed by atoms with Gasteiger partial charge in [-0.2, -0.15) is 0 Å². The third-order valence-corrected chi connectivity index (χ3v) is 3.52. The number of hydrogen-bond donors (Lipinski definition) is 4. The number of carbonyl (C=O) groups excluding carboxylic acids is 4. The number of carboxylic acid groups (broad SMARTS) is 1. The summed E-state index contributed by atoms with van der Waals surface area (Å²) in [5, 5.41) is 15.9. The molecule has 0 aliphatic heterocycles. The monoisotopic (exact) mass is 401 g/mol. The Hall–Kier alpha value is -2.65. The molecule has 0 radical (unpaired) electrons. The first-order chi connectivity index (χ1) is 12.9. The van der Waals surface area contributed by atoms with Crippen LogP contribution in [0.25, 0.3) is 0 Å². The Morgan fingerprint density at radius 3 is 2.18 bits per heavy atom. The van der Waals surface area contributed by atoms with Crippen LogP contribution >= 0.6 is 0 Å². The number of nitrogens with one attached hydrogen (secondary N) is 3. The average Bonchev–Trinajstić information content (AvgIpc) is 2.56. The molecule has 2 atom stereocenters. The number of carbonyl (C=O) groups is 5. The molecule has 0 aromatic carbocycles. The van der Waals surface area contributed by atoms with Gasteiger partial charge < -0.3 is 25.8 Å². The van der Waals surface area contributed by atoms with E-state index in [-0.39, 0.29) is 37.5 Å². The summed E-state index contributed by atoms with van der Waals surface area (Å²) >= 11 is 0. The summed E-state index contributed by atoms with van der Waals surface area (Å²) < 4.78 is 5.10. The van der Waals surface area contributed by atoms with Crippen LogP contribution in [0.2, 0.25) is 0 Å². The molecule has 0 spiro atoms. The maximum atomic E-state index is 12.5. The van der Waals surface area contributed by atoms with Gasteiger partial charge in [0.15, 0.2) is 5.78 Å². The van der Waals surface area contributed by atoms with Crippen molar-refractivity contribution in [3.8, 4) is 0 Å². The molecule has 0 fully saturated rings. The molecule has 10 nitrogen and oxygen atoms in total. The minimum atomic E-state index is -1.19. The van der Waals surface area contributed by atoms with E-state index in [2.05, 4.69) is 16.0 Å². The van der Waals surface area contributed by atoms with Crippen molar-refractivity contribution in [1.82, 2.24) is 16.0 Å². The number of ether oxygens (including phenoxy) is 1. The first-order valence-electron chi connectivity index (χ1n) is 9.14. The van der Waals surface area contributed by atoms with Crippen molar-refractivity contribution in [2.24, 2.45) is 5.92 Å². The van der Waals surface area contributed by atoms with E-state index in [9.17, 15) is 24.0 Å². The smallest absolute Gasteiger partial charge is 0.407 e. The summed E-state index contributed by atoms with van der Waals surface area (Å²) in [5.41, 5.74) is -0.658. The van der Waals surface area contributed by atoms with Gasteiger partial charge in [0.1, 0.15) is 12.1 Å². The van der Waals surface area contributed by atoms with Crippen molar-refractivity contribution in [3.05, 3.63) is 0 Å². The summed E-state index contributed by atoms with van der Waals surface area (Å²) in [6.45, 7) is 7.85. The number of ketones is 1. The molecule has 0 aliphatic carbocycles. The van der Waals surface area contributed by atoms with Crippen LogP contribution < -0.4 is 16.0 Å². The Morgan fingerprint density at radius 2 is 1.68 bits per heavy atom. The molecule has 0 rings (SSSR count). The molecule has 0 aromatic rings. The minimum Gasteiger partial charge on any atom is -0.480 e. The zero-order valence-electron chi connectivity index (χ0n) is 17.1. The highest BCUT2D eigenvalue weighted by molar-refractivity contribution is 5.92. The molecular formula is C18H31N3O7. The molecule has 0 aliphatic rings. The van der Waals surface area contributed by atoms with Gasteiger partial charge in [0.25, 0.3) is 0 Å². The number of amides is 3. The molecule has 10 heteroatoms. The molecule has 0 aromatic heterocycles. The van der Waals surface area contributed by atoms with E-state index < -0.39 is 42.1 Å². The van der Waals surface area contributed by atoms with Crippen LogP contribution in [-0.4, -0.2) is 59.5 Å². The number of aliphatic carboxylic acids is 1. The van der Waals surface area contributed by atoms with Crippen molar-refractivity contribution in [1.29, 1.82) is 0 Å². The molecule has 0 saturated carbocycles. The van der Waals surface area contributed by atoms with Crippen molar-refractivity contribution in [2.45, 2.75) is 65.5 Å². The van der Waals surface area contributed by atoms with Crippen molar-refractivity contribution in [3.63, 3.8) is 0 Å². The van der Waals surface area contributed by atoms with E-state index >= 15 is 0 Å². The Kier molecular flexibility index (Phi) is 10.8. The van der Waals surface area contributed by atoms with Crippen molar-refractivity contribution < 1.29 is 33.8 Å². The third-order valence-electron chi connectivity index (χ3n) is 3.52. The third kappa shape index (κ3) is 11.9. The molecule has 28 heavy (non-hydrogen) atoms. The molecule has 3 amide bonds. The normalized spacial score (nSPS) is 13.0. The second kappa shape index (κ2) is 11.9. The largest absolute Gasteiger partial charge is 0.480 e. The van der Waals surface area contributed by atoms with Gasteiger partial charge in [-0.1, -0.05) is 13.8 Å². The van der Waals surface area contributed by atoms with Gasteiger partial charge in [-0.3, -0.25) is 19.2 Å². The lowest BCUT2D eigenvalue weighted by Crippen LogP contribution is -2.44. The lowest BCUT2D eigenvalue weighted by molar-refractivity contribution is -0.138. The van der Waals surface area contributed by atoms with E-state index in [0.717, 1.165) is 0 Å². The van der Waals surface area contributed by atoms with E-state index in [4.69, 9.17) is 9.84 Å². The Morgan fingerprint density at radius 1 is 1.07 bits per heavy atom. The predicted octanol–water partition coefficient (Wildman–Crippen LogP) is 0.592. The highest BCUT2D eigenvalue weighted by atomic mass is 16.6. The molecular weight excluding hydrogens is 370 g/mol. The topological polar surface area (TPSA) is 151 Å². The van der Waals surface area contributed by atoms with Crippen LogP contribution in [0.1, 0.15) is 53.9 Å². The number of alkyl carbamates (subject to hydrolysis) is 1. The maximum absolute atomic E-state index is 12.5. The summed E-state index contributed by atoms with van der Waals surface area (Å²) in [4.78, 5) is 58.2. The molecule has 0 unspecified atom stereocenters. The summed E-state index contributed by atoms with van der Waals surface area (Å²) in [5.74, 6) is -3.23. The Bertz CT molecular complexity index is 584. The van der Waals surface area contributed by atoms with Gasteiger partial charge in [0.2, 0.25) is 11.8 Å². The van der Waals surface area contributed by atoms with Crippen LogP contribution in [0.5, 0.6) is 0 Å². The lowest BCUT2D eigenvalue weighted by Gasteiger charge is -2.21. The fourth-order valence-electron chi connectivity index (χ4n) is 2.12. The summed E-state index contributed by atoms with van der Waals surface area (Å²) in [7, 11) is 0. The van der Waals surface area contributed by atoms with Gasteiger partial charge in [0.05, 0.1) is 6.04 Å². The molecule has 0 bridgehead atoms. The zero-order chi connectivity index (χ0) is 21.9. The van der Waals surface area contributed by atoms with E-state index in [1.165, 1.54) is 6.92 Å². The number of Topliss-reactive ketones (excluding diaryl/α,β-unsaturated/α-hetero) is 1. The van der Waals surface area contributed by atoms with Crippen LogP contribution in [0.15, 0.2) is 0 Å². The van der Waals surface area contributed by atoms with Gasteiger partial charge in [0, 0.05) is 25.3 Å². The van der Waals surface area contributed by atoms with Crippen molar-refractivity contribution >= 4 is 29.7 Å². The van der Waals surface area contributed by atoms with Crippen LogP contribution in [0, 0.1) is 5.92 Å². The van der Waals surface area contributed by atoms with Crippen LogP contribution in [0.3, 0.4) is 0 Å². The highest BCUT2D eigenvalue weighted by Crippen LogP contribution is 2.09. The highest BCUT2D eigenvalue weighted by Gasteiger charge is 2.25. The first kappa shape index (κ1) is 25.4. The molecule has 0 heterocycles. The Labute approximate surface area is 164 Å². The standard InChI is InChI=1S/C18H31N3O7/c1-6-14(23)21-12(7-8-19-17(27)28-18(3,4)5)13(22)9-11(2)16(26)20-10-15(24)25/h11-12H,6-10H2,1-5H3,(H,19,27)(H,20,26)(H,21,23)(H,24,25)/t11-,12+/m0/s1. The van der Waals surface area contributed by atoms with Crippen molar-refractivity contribution in [2.75, 3.05) is 13.1 Å². The van der Waals surface area contributed by atoms with Crippen LogP contribution in [0.4, 0.5) is 4.79 Å². The second-order valence-electron chi connectivity index (χ2n) is 7.37. The van der Waals surface area contributed by atoms with Gasteiger partial charge in [-0.15, -0.1) is 0 Å². The first-order valence-corrected chi connectivity index (χ1v) is 9.14. The van der Waals surface area contributed by atoms with E-state index in [1.54, 1.807) is 27.7 Å². The van der Waals surface area contributed by atoms with Gasteiger partial charge in [-0.25, -0.2) is 4.79 Å². The minimum absolute atomic E-state index is 0.0922. The van der Waals surface area contributed by atoms with E-state index in [0.29, 0.717) is 0 Å². The fraction of sp³-hybridized carbons (Fsp3) is 0.722. The second-order valence-corrected chi connectivity index (χ2v) is 7.37. The zero-order valence-corrected chi connectivity index (χ0v) is 17.1. The van der Waals surface area contributed by atoms with Gasteiger partial charge in [-0.05, 0) is 27.2 Å². The molecule has 0 saturated heterocycles. The molecule has 160 valence electrons. The average molecular weight is 401 g/mol. The number of carboxylic acids is 1. The predicted molar refractivity (Wildman–Crippen MR) is 101 cm³/mol. The number of rotatable bonds is 11. The SMILES string of the molecule is CCC(=O)N[C@H](CCNC(=O)OC(C)(C)C)C(=O)C[C@H](C)C(=O)NCC(=O)O. The molecule has 4 N–H and O–H groups in total. The maximum Gasteiger partial charge on any atom is 0.407 e. The lowest BCUT2D eigenvalue weighted by atomic mass is 9.97. The fourth-order valence-corrected chi connectivity index (χ4v) is 2.12. The number of hydrogen-bond acceptors (Lipinski definition) is 6. The van der Waals surface area contributed by atoms with Crippen LogP contribution in [-0.2, 0) is 23.9 Å². The summed E-state index contributed by atoms with van der Waals surface area (Å²) in [6, 6.07) is -0.878. The quantitative estimate of drug-likeness (QED) is 0.395.